The van der Waals surface area contributed by atoms with E-state index in [1.54, 1.807) is 0 Å². The zero-order valence-corrected chi connectivity index (χ0v) is 14.7. The number of hydrogen-bond acceptors (Lipinski definition) is 5. The van der Waals surface area contributed by atoms with Crippen molar-refractivity contribution < 1.29 is 8.78 Å². The maximum absolute atomic E-state index is 13.8. The summed E-state index contributed by atoms with van der Waals surface area (Å²) in [6, 6.07) is 9.31. The lowest BCUT2D eigenvalue weighted by Crippen LogP contribution is -2.06. The number of hydrogen-bond donors (Lipinski definition) is 2. The van der Waals surface area contributed by atoms with E-state index >= 15 is 0 Å². The van der Waals surface area contributed by atoms with E-state index in [2.05, 4.69) is 45.7 Å². The van der Waals surface area contributed by atoms with Crippen LogP contribution < -0.4 is 10.6 Å². The van der Waals surface area contributed by atoms with Crippen molar-refractivity contribution in [3.05, 3.63) is 65.4 Å². The summed E-state index contributed by atoms with van der Waals surface area (Å²) in [5.41, 5.74) is 3.27. The molecule has 0 aliphatic heterocycles. The highest BCUT2D eigenvalue weighted by atomic mass is 19.1. The number of anilines is 4. The normalized spacial score (nSPS) is 10.8. The van der Waals surface area contributed by atoms with Crippen LogP contribution in [0.4, 0.5) is 31.9 Å². The number of halogens is 2. The second-order valence-electron chi connectivity index (χ2n) is 6.23. The van der Waals surface area contributed by atoms with Crippen LogP contribution in [0.25, 0.3) is 0 Å². The molecule has 2 aromatic carbocycles. The van der Waals surface area contributed by atoms with Crippen molar-refractivity contribution >= 4 is 23.1 Å². The van der Waals surface area contributed by atoms with Crippen LogP contribution >= 0.6 is 0 Å². The van der Waals surface area contributed by atoms with Gasteiger partial charge in [-0.3, -0.25) is 0 Å². The van der Waals surface area contributed by atoms with Crippen LogP contribution in [0.5, 0.6) is 0 Å². The van der Waals surface area contributed by atoms with Crippen molar-refractivity contribution in [1.82, 2.24) is 15.2 Å². The third-order valence-electron chi connectivity index (χ3n) is 3.92. The summed E-state index contributed by atoms with van der Waals surface area (Å²) in [5.74, 6) is -0.462. The van der Waals surface area contributed by atoms with E-state index in [1.807, 2.05) is 19.1 Å². The molecule has 0 unspecified atom stereocenters. The van der Waals surface area contributed by atoms with E-state index in [9.17, 15) is 8.78 Å². The van der Waals surface area contributed by atoms with Gasteiger partial charge in [-0.05, 0) is 36.1 Å². The Morgan fingerprint density at radius 1 is 1.04 bits per heavy atom. The Morgan fingerprint density at radius 2 is 1.85 bits per heavy atom. The third-order valence-corrected chi connectivity index (χ3v) is 3.92. The van der Waals surface area contributed by atoms with Gasteiger partial charge in [0.05, 0.1) is 11.9 Å². The first-order valence-corrected chi connectivity index (χ1v) is 8.22. The molecule has 0 atom stereocenters. The molecule has 0 amide bonds. The SMILES string of the molecule is Cc1cccc(C(C)C)c1Nc1cnnc(Nc2ccc(F)cc2F)n1. The molecule has 1 aromatic heterocycles. The highest BCUT2D eigenvalue weighted by Crippen LogP contribution is 2.29. The van der Waals surface area contributed by atoms with Crippen molar-refractivity contribution in [2.75, 3.05) is 10.6 Å². The average molecular weight is 355 g/mol. The Bertz CT molecular complexity index is 928. The molecule has 134 valence electrons. The summed E-state index contributed by atoms with van der Waals surface area (Å²) in [6.07, 6.45) is 1.49. The van der Waals surface area contributed by atoms with Crippen molar-refractivity contribution in [3.63, 3.8) is 0 Å². The summed E-state index contributed by atoms with van der Waals surface area (Å²) in [6.45, 7) is 6.24. The summed E-state index contributed by atoms with van der Waals surface area (Å²) >= 11 is 0. The second-order valence-corrected chi connectivity index (χ2v) is 6.23. The van der Waals surface area contributed by atoms with Gasteiger partial charge in [-0.25, -0.2) is 8.78 Å². The number of rotatable bonds is 5. The summed E-state index contributed by atoms with van der Waals surface area (Å²) in [4.78, 5) is 4.31. The lowest BCUT2D eigenvalue weighted by atomic mass is 9.98. The molecule has 0 saturated carbocycles. The molecule has 0 bridgehead atoms. The minimum Gasteiger partial charge on any atom is -0.338 e. The molecule has 2 N–H and O–H groups in total. The van der Waals surface area contributed by atoms with Gasteiger partial charge in [0, 0.05) is 11.8 Å². The molecule has 0 spiro atoms. The maximum atomic E-state index is 13.8. The molecule has 0 saturated heterocycles. The quantitative estimate of drug-likeness (QED) is 0.669. The van der Waals surface area contributed by atoms with Crippen LogP contribution in [0, 0.1) is 18.6 Å². The monoisotopic (exact) mass is 355 g/mol. The molecule has 0 radical (unpaired) electrons. The number of benzene rings is 2. The molecule has 0 aliphatic rings. The molecule has 5 nitrogen and oxygen atoms in total. The predicted molar refractivity (Wildman–Crippen MR) is 98.0 cm³/mol. The number of aromatic nitrogens is 3. The minimum atomic E-state index is -0.729. The van der Waals surface area contributed by atoms with E-state index < -0.39 is 11.6 Å². The van der Waals surface area contributed by atoms with Crippen LogP contribution in [0.1, 0.15) is 30.9 Å². The molecule has 26 heavy (non-hydrogen) atoms. The van der Waals surface area contributed by atoms with E-state index in [4.69, 9.17) is 0 Å². The van der Waals surface area contributed by atoms with E-state index in [0.717, 1.165) is 28.9 Å². The van der Waals surface area contributed by atoms with Crippen LogP contribution in [0.15, 0.2) is 42.6 Å². The smallest absolute Gasteiger partial charge is 0.249 e. The minimum absolute atomic E-state index is 0.0733. The largest absolute Gasteiger partial charge is 0.338 e. The number of nitrogens with one attached hydrogen (secondary N) is 2. The van der Waals surface area contributed by atoms with Gasteiger partial charge in [0.1, 0.15) is 11.6 Å². The molecule has 0 fully saturated rings. The standard InChI is InChI=1S/C19H19F2N5/c1-11(2)14-6-4-5-12(3)18(14)24-17-10-22-26-19(25-17)23-16-8-7-13(20)9-15(16)21/h4-11H,1-3H3,(H2,23,24,25,26). The first-order chi connectivity index (χ1) is 12.4. The van der Waals surface area contributed by atoms with Crippen LogP contribution in [0.2, 0.25) is 0 Å². The Balaban J connectivity index is 1.87. The molecule has 7 heteroatoms. The van der Waals surface area contributed by atoms with Gasteiger partial charge in [-0.1, -0.05) is 32.0 Å². The third kappa shape index (κ3) is 3.93. The Morgan fingerprint density at radius 3 is 2.58 bits per heavy atom. The van der Waals surface area contributed by atoms with Crippen LogP contribution in [-0.2, 0) is 0 Å². The molecular formula is C19H19F2N5. The lowest BCUT2D eigenvalue weighted by Gasteiger charge is -2.17. The number of para-hydroxylation sites is 1. The zero-order valence-electron chi connectivity index (χ0n) is 14.7. The molecule has 1 heterocycles. The summed E-state index contributed by atoms with van der Waals surface area (Å²) in [7, 11) is 0. The first-order valence-electron chi connectivity index (χ1n) is 8.22. The Kier molecular flexibility index (Phi) is 5.06. The van der Waals surface area contributed by atoms with Gasteiger partial charge in [0.2, 0.25) is 5.95 Å². The van der Waals surface area contributed by atoms with Crippen LogP contribution in [-0.4, -0.2) is 15.2 Å². The van der Waals surface area contributed by atoms with Crippen molar-refractivity contribution in [1.29, 1.82) is 0 Å². The van der Waals surface area contributed by atoms with E-state index in [-0.39, 0.29) is 11.6 Å². The average Bonchev–Trinajstić information content (AvgIpc) is 2.59. The Hall–Kier alpha value is -3.09. The van der Waals surface area contributed by atoms with Crippen molar-refractivity contribution in [2.45, 2.75) is 26.7 Å². The topological polar surface area (TPSA) is 62.7 Å². The fourth-order valence-electron chi connectivity index (χ4n) is 2.60. The second kappa shape index (κ2) is 7.43. The van der Waals surface area contributed by atoms with Gasteiger partial charge < -0.3 is 10.6 Å². The van der Waals surface area contributed by atoms with E-state index in [0.29, 0.717) is 11.7 Å². The highest BCUT2D eigenvalue weighted by molar-refractivity contribution is 5.66. The fraction of sp³-hybridized carbons (Fsp3) is 0.211. The summed E-state index contributed by atoms with van der Waals surface area (Å²) in [5, 5.41) is 13.7. The van der Waals surface area contributed by atoms with Gasteiger partial charge in [0.15, 0.2) is 5.82 Å². The highest BCUT2D eigenvalue weighted by Gasteiger charge is 2.11. The zero-order chi connectivity index (χ0) is 18.7. The molecular weight excluding hydrogens is 336 g/mol. The van der Waals surface area contributed by atoms with Gasteiger partial charge in [-0.15, -0.1) is 5.10 Å². The van der Waals surface area contributed by atoms with Gasteiger partial charge in [-0.2, -0.15) is 10.1 Å². The Labute approximate surface area is 150 Å². The maximum Gasteiger partial charge on any atom is 0.249 e. The number of aryl methyl sites for hydroxylation is 1. The summed E-state index contributed by atoms with van der Waals surface area (Å²) < 4.78 is 26.8. The van der Waals surface area contributed by atoms with Crippen LogP contribution in [0.3, 0.4) is 0 Å². The van der Waals surface area contributed by atoms with E-state index in [1.165, 1.54) is 12.3 Å². The molecule has 0 aliphatic carbocycles. The predicted octanol–water partition coefficient (Wildman–Crippen LogP) is 5.07. The lowest BCUT2D eigenvalue weighted by molar-refractivity contribution is 0.586. The number of nitrogens with zero attached hydrogens (tertiary/aromatic N) is 3. The first kappa shape index (κ1) is 17.7. The van der Waals surface area contributed by atoms with Crippen molar-refractivity contribution in [3.8, 4) is 0 Å². The van der Waals surface area contributed by atoms with Crippen molar-refractivity contribution in [2.24, 2.45) is 0 Å². The fourth-order valence-corrected chi connectivity index (χ4v) is 2.60. The molecule has 3 aromatic rings. The van der Waals surface area contributed by atoms with Gasteiger partial charge in [0.25, 0.3) is 0 Å². The molecule has 3 rings (SSSR count). The van der Waals surface area contributed by atoms with Gasteiger partial charge >= 0.3 is 0 Å².